The Kier molecular flexibility index (Phi) is 4.00. The second kappa shape index (κ2) is 4.65. The van der Waals surface area contributed by atoms with Gasteiger partial charge in [-0.3, -0.25) is 0 Å². The molecule has 1 aliphatic carbocycles. The lowest BCUT2D eigenvalue weighted by atomic mass is 9.76. The van der Waals surface area contributed by atoms with E-state index in [4.69, 9.17) is 0 Å². The zero-order chi connectivity index (χ0) is 10.8. The van der Waals surface area contributed by atoms with E-state index in [1.807, 2.05) is 0 Å². The molecule has 1 nitrogen and oxygen atoms in total. The van der Waals surface area contributed by atoms with E-state index in [-0.39, 0.29) is 0 Å². The van der Waals surface area contributed by atoms with E-state index in [2.05, 4.69) is 39.8 Å². The van der Waals surface area contributed by atoms with Crippen molar-refractivity contribution in [1.82, 2.24) is 4.90 Å². The van der Waals surface area contributed by atoms with Gasteiger partial charge in [-0.1, -0.05) is 33.6 Å². The van der Waals surface area contributed by atoms with E-state index in [0.717, 1.165) is 12.0 Å². The molecule has 0 heterocycles. The van der Waals surface area contributed by atoms with Gasteiger partial charge in [0.15, 0.2) is 0 Å². The Morgan fingerprint density at radius 1 is 1.14 bits per heavy atom. The summed E-state index contributed by atoms with van der Waals surface area (Å²) in [5.41, 5.74) is 0.513. The fraction of sp³-hybridized carbons (Fsp3) is 1.00. The van der Waals surface area contributed by atoms with Gasteiger partial charge in [0.1, 0.15) is 0 Å². The summed E-state index contributed by atoms with van der Waals surface area (Å²) in [4.78, 5) is 2.41. The molecule has 1 fully saturated rings. The lowest BCUT2D eigenvalue weighted by Gasteiger charge is -2.36. The van der Waals surface area contributed by atoms with Crippen LogP contribution in [0.15, 0.2) is 0 Å². The van der Waals surface area contributed by atoms with Gasteiger partial charge in [-0.2, -0.15) is 0 Å². The summed E-state index contributed by atoms with van der Waals surface area (Å²) in [6.45, 7) is 7.10. The van der Waals surface area contributed by atoms with Crippen LogP contribution in [-0.2, 0) is 0 Å². The van der Waals surface area contributed by atoms with Gasteiger partial charge in [-0.05, 0) is 44.7 Å². The normalized spacial score (nSPS) is 29.6. The third kappa shape index (κ3) is 4.00. The highest BCUT2D eigenvalue weighted by Crippen LogP contribution is 2.35. The topological polar surface area (TPSA) is 3.24 Å². The molecular weight excluding hydrogens is 170 g/mol. The predicted octanol–water partition coefficient (Wildman–Crippen LogP) is 3.54. The van der Waals surface area contributed by atoms with Crippen molar-refractivity contribution >= 4 is 0 Å². The Morgan fingerprint density at radius 2 is 1.79 bits per heavy atom. The van der Waals surface area contributed by atoms with Crippen LogP contribution >= 0.6 is 0 Å². The van der Waals surface area contributed by atoms with E-state index in [0.29, 0.717) is 5.41 Å². The maximum atomic E-state index is 2.41. The Hall–Kier alpha value is -0.0400. The van der Waals surface area contributed by atoms with Crippen molar-refractivity contribution in [2.75, 3.05) is 14.1 Å². The van der Waals surface area contributed by atoms with E-state index in [1.165, 1.54) is 32.1 Å². The summed E-state index contributed by atoms with van der Waals surface area (Å²) in [5, 5.41) is 0. The van der Waals surface area contributed by atoms with E-state index in [9.17, 15) is 0 Å². The predicted molar refractivity (Wildman–Crippen MR) is 63.5 cm³/mol. The first-order chi connectivity index (χ1) is 6.38. The van der Waals surface area contributed by atoms with Gasteiger partial charge in [0, 0.05) is 6.04 Å². The first kappa shape index (κ1) is 12.0. The number of hydrogen-bond acceptors (Lipinski definition) is 1. The lowest BCUT2D eigenvalue weighted by Crippen LogP contribution is -2.34. The summed E-state index contributed by atoms with van der Waals surface area (Å²) in [6, 6.07) is 0.844. The standard InChI is InChI=1S/C13H27N/c1-13(2,3)10-11-7-6-8-12(9-11)14(4)5/h11-12H,6-10H2,1-5H3. The molecule has 0 bridgehead atoms. The van der Waals surface area contributed by atoms with Crippen molar-refractivity contribution < 1.29 is 0 Å². The van der Waals surface area contributed by atoms with Gasteiger partial charge in [-0.15, -0.1) is 0 Å². The van der Waals surface area contributed by atoms with Gasteiger partial charge in [0.2, 0.25) is 0 Å². The quantitative estimate of drug-likeness (QED) is 0.654. The molecule has 1 aliphatic rings. The average molecular weight is 197 g/mol. The van der Waals surface area contributed by atoms with Crippen LogP contribution < -0.4 is 0 Å². The fourth-order valence-electron chi connectivity index (χ4n) is 2.78. The molecule has 0 aliphatic heterocycles. The summed E-state index contributed by atoms with van der Waals surface area (Å²) >= 11 is 0. The van der Waals surface area contributed by atoms with Crippen LogP contribution in [0.3, 0.4) is 0 Å². The van der Waals surface area contributed by atoms with Crippen LogP contribution in [0.2, 0.25) is 0 Å². The molecule has 2 unspecified atom stereocenters. The third-order valence-electron chi connectivity index (χ3n) is 3.39. The average Bonchev–Trinajstić information content (AvgIpc) is 2.01. The van der Waals surface area contributed by atoms with Gasteiger partial charge < -0.3 is 4.90 Å². The fourth-order valence-corrected chi connectivity index (χ4v) is 2.78. The van der Waals surface area contributed by atoms with Crippen molar-refractivity contribution in [3.8, 4) is 0 Å². The molecule has 1 heteroatoms. The zero-order valence-electron chi connectivity index (χ0n) is 10.6. The molecule has 14 heavy (non-hydrogen) atoms. The van der Waals surface area contributed by atoms with Crippen LogP contribution in [0.4, 0.5) is 0 Å². The molecule has 0 aromatic rings. The van der Waals surface area contributed by atoms with Crippen molar-refractivity contribution in [3.63, 3.8) is 0 Å². The Balaban J connectivity index is 2.40. The smallest absolute Gasteiger partial charge is 0.00918 e. The Morgan fingerprint density at radius 3 is 2.29 bits per heavy atom. The van der Waals surface area contributed by atoms with Gasteiger partial charge in [0.25, 0.3) is 0 Å². The zero-order valence-corrected chi connectivity index (χ0v) is 10.6. The molecule has 0 N–H and O–H groups in total. The van der Waals surface area contributed by atoms with E-state index in [1.54, 1.807) is 0 Å². The monoisotopic (exact) mass is 197 g/mol. The minimum Gasteiger partial charge on any atom is -0.306 e. The molecule has 0 aromatic heterocycles. The largest absolute Gasteiger partial charge is 0.306 e. The SMILES string of the molecule is CN(C)C1CCCC(CC(C)(C)C)C1. The van der Waals surface area contributed by atoms with Crippen LogP contribution in [0, 0.1) is 11.3 Å². The summed E-state index contributed by atoms with van der Waals surface area (Å²) in [6.07, 6.45) is 7.13. The maximum absolute atomic E-state index is 2.41. The first-order valence-corrected chi connectivity index (χ1v) is 6.05. The summed E-state index contributed by atoms with van der Waals surface area (Å²) in [7, 11) is 4.45. The Labute approximate surface area is 89.9 Å². The maximum Gasteiger partial charge on any atom is 0.00918 e. The number of hydrogen-bond donors (Lipinski definition) is 0. The summed E-state index contributed by atoms with van der Waals surface area (Å²) in [5.74, 6) is 0.969. The summed E-state index contributed by atoms with van der Waals surface area (Å²) < 4.78 is 0. The van der Waals surface area contributed by atoms with Gasteiger partial charge >= 0.3 is 0 Å². The molecule has 0 radical (unpaired) electrons. The van der Waals surface area contributed by atoms with Crippen LogP contribution in [0.1, 0.15) is 52.9 Å². The van der Waals surface area contributed by atoms with Gasteiger partial charge in [-0.25, -0.2) is 0 Å². The third-order valence-corrected chi connectivity index (χ3v) is 3.39. The molecule has 2 atom stereocenters. The highest BCUT2D eigenvalue weighted by atomic mass is 15.1. The minimum atomic E-state index is 0.513. The number of rotatable bonds is 2. The van der Waals surface area contributed by atoms with Crippen molar-refractivity contribution in [2.24, 2.45) is 11.3 Å². The van der Waals surface area contributed by atoms with Crippen molar-refractivity contribution in [3.05, 3.63) is 0 Å². The molecule has 0 amide bonds. The molecule has 1 saturated carbocycles. The van der Waals surface area contributed by atoms with E-state index < -0.39 is 0 Å². The van der Waals surface area contributed by atoms with Crippen LogP contribution in [0.5, 0.6) is 0 Å². The lowest BCUT2D eigenvalue weighted by molar-refractivity contribution is 0.153. The highest BCUT2D eigenvalue weighted by molar-refractivity contribution is 4.80. The minimum absolute atomic E-state index is 0.513. The number of nitrogens with zero attached hydrogens (tertiary/aromatic N) is 1. The second-order valence-electron chi connectivity index (χ2n) is 6.41. The van der Waals surface area contributed by atoms with Crippen LogP contribution in [0.25, 0.3) is 0 Å². The second-order valence-corrected chi connectivity index (χ2v) is 6.41. The Bertz CT molecular complexity index is 167. The first-order valence-electron chi connectivity index (χ1n) is 6.05. The van der Waals surface area contributed by atoms with Crippen molar-refractivity contribution in [1.29, 1.82) is 0 Å². The van der Waals surface area contributed by atoms with Crippen molar-refractivity contribution in [2.45, 2.75) is 58.9 Å². The van der Waals surface area contributed by atoms with Crippen LogP contribution in [-0.4, -0.2) is 25.0 Å². The molecule has 0 saturated heterocycles. The molecule has 1 rings (SSSR count). The molecule has 0 aromatic carbocycles. The molecule has 0 spiro atoms. The highest BCUT2D eigenvalue weighted by Gasteiger charge is 2.26. The molecular formula is C13H27N. The van der Waals surface area contributed by atoms with E-state index >= 15 is 0 Å². The molecule has 84 valence electrons. The van der Waals surface area contributed by atoms with Gasteiger partial charge in [0.05, 0.1) is 0 Å².